The van der Waals surface area contributed by atoms with Gasteiger partial charge < -0.3 is 0 Å². The van der Waals surface area contributed by atoms with Gasteiger partial charge in [0.05, 0.1) is 5.52 Å². The van der Waals surface area contributed by atoms with Crippen LogP contribution in [0.5, 0.6) is 0 Å². The van der Waals surface area contributed by atoms with Gasteiger partial charge >= 0.3 is 0 Å². The van der Waals surface area contributed by atoms with Crippen LogP contribution < -0.4 is 0 Å². The molecule has 4 aromatic rings. The lowest BCUT2D eigenvalue weighted by atomic mass is 9.80. The standard InChI is InChI=1S/C28H32N2/c1-27(2,3)16-20-9-7-11-26-25(20)13-12-23(30-26)18-28(4,5)17-21-8-6-10-22-19-29-15-14-24(21)22/h6-15,19H,16-18H2,1-5H3. The minimum Gasteiger partial charge on any atom is -0.264 e. The molecule has 0 amide bonds. The average molecular weight is 397 g/mol. The van der Waals surface area contributed by atoms with Crippen LogP contribution in [0.4, 0.5) is 0 Å². The van der Waals surface area contributed by atoms with Crippen molar-refractivity contribution < 1.29 is 0 Å². The van der Waals surface area contributed by atoms with Gasteiger partial charge in [-0.15, -0.1) is 0 Å². The molecular weight excluding hydrogens is 364 g/mol. The third-order valence-electron chi connectivity index (χ3n) is 5.70. The number of fused-ring (bicyclic) bond motifs is 2. The summed E-state index contributed by atoms with van der Waals surface area (Å²) in [4.78, 5) is 9.31. The summed E-state index contributed by atoms with van der Waals surface area (Å²) in [6, 6.07) is 19.7. The lowest BCUT2D eigenvalue weighted by molar-refractivity contribution is 0.358. The monoisotopic (exact) mass is 396 g/mol. The lowest BCUT2D eigenvalue weighted by Crippen LogP contribution is -2.19. The van der Waals surface area contributed by atoms with Crippen LogP contribution in [0.25, 0.3) is 21.7 Å². The molecule has 2 heteroatoms. The number of hydrogen-bond donors (Lipinski definition) is 0. The molecule has 0 saturated carbocycles. The third kappa shape index (κ3) is 4.70. The molecule has 0 radical (unpaired) electrons. The normalized spacial score (nSPS) is 12.6. The third-order valence-corrected chi connectivity index (χ3v) is 5.70. The van der Waals surface area contributed by atoms with E-state index in [4.69, 9.17) is 4.98 Å². The van der Waals surface area contributed by atoms with E-state index in [0.717, 1.165) is 24.8 Å². The molecule has 2 heterocycles. The summed E-state index contributed by atoms with van der Waals surface area (Å²) in [7, 11) is 0. The van der Waals surface area contributed by atoms with Crippen molar-refractivity contribution >= 4 is 21.7 Å². The SMILES string of the molecule is CC(C)(C)Cc1cccc2nc(CC(C)(C)Cc3cccc4cnccc34)ccc12. The summed E-state index contributed by atoms with van der Waals surface area (Å²) < 4.78 is 0. The highest BCUT2D eigenvalue weighted by molar-refractivity contribution is 5.85. The predicted molar refractivity (Wildman–Crippen MR) is 128 cm³/mol. The largest absolute Gasteiger partial charge is 0.264 e. The van der Waals surface area contributed by atoms with E-state index in [9.17, 15) is 0 Å². The molecule has 0 aliphatic heterocycles. The molecule has 2 aromatic carbocycles. The fourth-order valence-electron chi connectivity index (χ4n) is 4.50. The smallest absolute Gasteiger partial charge is 0.0708 e. The molecule has 0 aliphatic carbocycles. The molecule has 30 heavy (non-hydrogen) atoms. The number of aromatic nitrogens is 2. The zero-order valence-corrected chi connectivity index (χ0v) is 18.9. The quantitative estimate of drug-likeness (QED) is 0.357. The summed E-state index contributed by atoms with van der Waals surface area (Å²) in [6.07, 6.45) is 6.86. The lowest BCUT2D eigenvalue weighted by Gasteiger charge is -2.25. The van der Waals surface area contributed by atoms with Crippen molar-refractivity contribution in [2.45, 2.75) is 53.9 Å². The second-order valence-corrected chi connectivity index (χ2v) is 10.6. The summed E-state index contributed by atoms with van der Waals surface area (Å²) >= 11 is 0. The first-order chi connectivity index (χ1) is 14.2. The maximum atomic E-state index is 5.05. The highest BCUT2D eigenvalue weighted by Gasteiger charge is 2.22. The second kappa shape index (κ2) is 7.83. The van der Waals surface area contributed by atoms with Gasteiger partial charge in [0.15, 0.2) is 0 Å². The zero-order valence-electron chi connectivity index (χ0n) is 18.9. The van der Waals surface area contributed by atoms with E-state index in [1.165, 1.54) is 33.0 Å². The second-order valence-electron chi connectivity index (χ2n) is 10.6. The first kappa shape index (κ1) is 20.5. The zero-order chi connectivity index (χ0) is 21.4. The Kier molecular flexibility index (Phi) is 5.36. The van der Waals surface area contributed by atoms with Crippen LogP contribution in [0.15, 0.2) is 67.0 Å². The molecule has 0 bridgehead atoms. The molecule has 2 nitrogen and oxygen atoms in total. The number of pyridine rings is 2. The Morgan fingerprint density at radius 2 is 1.43 bits per heavy atom. The minimum atomic E-state index is 0.112. The molecule has 0 atom stereocenters. The van der Waals surface area contributed by atoms with Crippen molar-refractivity contribution in [1.82, 2.24) is 9.97 Å². The van der Waals surface area contributed by atoms with Crippen LogP contribution in [0.1, 0.15) is 51.4 Å². The van der Waals surface area contributed by atoms with Gasteiger partial charge in [-0.25, -0.2) is 0 Å². The highest BCUT2D eigenvalue weighted by atomic mass is 14.7. The number of benzene rings is 2. The van der Waals surface area contributed by atoms with Gasteiger partial charge in [-0.1, -0.05) is 71.0 Å². The van der Waals surface area contributed by atoms with Crippen molar-refractivity contribution in [1.29, 1.82) is 0 Å². The van der Waals surface area contributed by atoms with Gasteiger partial charge in [-0.05, 0) is 64.8 Å². The first-order valence-electron chi connectivity index (χ1n) is 10.9. The fourth-order valence-corrected chi connectivity index (χ4v) is 4.50. The first-order valence-corrected chi connectivity index (χ1v) is 10.9. The van der Waals surface area contributed by atoms with Crippen LogP contribution in [-0.2, 0) is 19.3 Å². The molecule has 4 rings (SSSR count). The van der Waals surface area contributed by atoms with Crippen molar-refractivity contribution in [2.75, 3.05) is 0 Å². The van der Waals surface area contributed by atoms with E-state index in [-0.39, 0.29) is 10.8 Å². The topological polar surface area (TPSA) is 25.8 Å². The molecule has 154 valence electrons. The van der Waals surface area contributed by atoms with Gasteiger partial charge in [0, 0.05) is 28.9 Å². The van der Waals surface area contributed by atoms with Crippen molar-refractivity contribution in [3.8, 4) is 0 Å². The van der Waals surface area contributed by atoms with Crippen molar-refractivity contribution in [3.63, 3.8) is 0 Å². The Balaban J connectivity index is 1.59. The van der Waals surface area contributed by atoms with E-state index in [0.29, 0.717) is 0 Å². The van der Waals surface area contributed by atoms with E-state index in [1.54, 1.807) is 0 Å². The van der Waals surface area contributed by atoms with E-state index in [1.807, 2.05) is 12.4 Å². The molecule has 0 unspecified atom stereocenters. The molecule has 0 spiro atoms. The van der Waals surface area contributed by atoms with Gasteiger partial charge in [0.25, 0.3) is 0 Å². The van der Waals surface area contributed by atoms with Gasteiger partial charge in [-0.3, -0.25) is 9.97 Å². The summed E-state index contributed by atoms with van der Waals surface area (Å²) in [5.41, 5.74) is 5.43. The number of hydrogen-bond acceptors (Lipinski definition) is 2. The maximum Gasteiger partial charge on any atom is 0.0708 e. The summed E-state index contributed by atoms with van der Waals surface area (Å²) in [5.74, 6) is 0. The molecule has 2 aromatic heterocycles. The van der Waals surface area contributed by atoms with Crippen molar-refractivity contribution in [3.05, 3.63) is 83.8 Å². The van der Waals surface area contributed by atoms with E-state index >= 15 is 0 Å². The number of nitrogens with zero attached hydrogens (tertiary/aromatic N) is 2. The van der Waals surface area contributed by atoms with Crippen LogP contribution in [0, 0.1) is 10.8 Å². The van der Waals surface area contributed by atoms with Gasteiger partial charge in [0.2, 0.25) is 0 Å². The summed E-state index contributed by atoms with van der Waals surface area (Å²) in [6.45, 7) is 11.6. The van der Waals surface area contributed by atoms with Gasteiger partial charge in [0.1, 0.15) is 0 Å². The van der Waals surface area contributed by atoms with E-state index in [2.05, 4.69) is 94.2 Å². The van der Waals surface area contributed by atoms with Crippen LogP contribution >= 0.6 is 0 Å². The predicted octanol–water partition coefficient (Wildman–Crippen LogP) is 7.18. The molecule has 0 fully saturated rings. The van der Waals surface area contributed by atoms with Crippen molar-refractivity contribution in [2.24, 2.45) is 10.8 Å². The molecular formula is C28H32N2. The average Bonchev–Trinajstić information content (AvgIpc) is 2.66. The Hall–Kier alpha value is -2.74. The van der Waals surface area contributed by atoms with Crippen LogP contribution in [0.2, 0.25) is 0 Å². The summed E-state index contributed by atoms with van der Waals surface area (Å²) in [5, 5.41) is 3.80. The number of rotatable bonds is 5. The Morgan fingerprint density at radius 1 is 0.700 bits per heavy atom. The van der Waals surface area contributed by atoms with Crippen LogP contribution in [-0.4, -0.2) is 9.97 Å². The minimum absolute atomic E-state index is 0.112. The maximum absolute atomic E-state index is 5.05. The van der Waals surface area contributed by atoms with E-state index < -0.39 is 0 Å². The fraction of sp³-hybridized carbons (Fsp3) is 0.357. The molecule has 0 saturated heterocycles. The molecule has 0 aliphatic rings. The highest BCUT2D eigenvalue weighted by Crippen LogP contribution is 2.31. The Morgan fingerprint density at radius 3 is 2.20 bits per heavy atom. The Bertz CT molecular complexity index is 1180. The van der Waals surface area contributed by atoms with Crippen LogP contribution in [0.3, 0.4) is 0 Å². The van der Waals surface area contributed by atoms with Gasteiger partial charge in [-0.2, -0.15) is 0 Å². The Labute approximate surface area is 180 Å². The molecule has 0 N–H and O–H groups in total.